The SMILES string of the molecule is C[C@H]1CNCCN1C(=O)C1CCN(c2nc3ccccc3o2)CC1.Cl.Cl. The number of piperidine rings is 1. The molecule has 2 saturated heterocycles. The van der Waals surface area contributed by atoms with E-state index in [1.54, 1.807) is 0 Å². The molecule has 1 N–H and O–H groups in total. The van der Waals surface area contributed by atoms with Crippen molar-refractivity contribution in [2.24, 2.45) is 5.92 Å². The minimum absolute atomic E-state index is 0. The molecule has 2 fully saturated rings. The molecule has 1 atom stereocenters. The maximum absolute atomic E-state index is 12.8. The monoisotopic (exact) mass is 400 g/mol. The third kappa shape index (κ3) is 4.08. The molecule has 2 aliphatic heterocycles. The zero-order valence-electron chi connectivity index (χ0n) is 14.9. The number of fused-ring (bicyclic) bond motifs is 1. The van der Waals surface area contributed by atoms with Crippen LogP contribution in [0.5, 0.6) is 0 Å². The van der Waals surface area contributed by atoms with Gasteiger partial charge in [-0.15, -0.1) is 24.8 Å². The average Bonchev–Trinajstić information content (AvgIpc) is 3.06. The van der Waals surface area contributed by atoms with Crippen LogP contribution in [0.15, 0.2) is 28.7 Å². The van der Waals surface area contributed by atoms with Crippen LogP contribution in [0, 0.1) is 5.92 Å². The number of benzene rings is 1. The van der Waals surface area contributed by atoms with E-state index in [1.165, 1.54) is 0 Å². The van der Waals surface area contributed by atoms with Crippen molar-refractivity contribution in [3.05, 3.63) is 24.3 Å². The molecule has 144 valence electrons. The van der Waals surface area contributed by atoms with Crippen LogP contribution in [0.4, 0.5) is 6.01 Å². The Morgan fingerprint density at radius 3 is 2.62 bits per heavy atom. The largest absolute Gasteiger partial charge is 0.423 e. The number of aromatic nitrogens is 1. The van der Waals surface area contributed by atoms with E-state index in [1.807, 2.05) is 24.3 Å². The highest BCUT2D eigenvalue weighted by atomic mass is 35.5. The Labute approximate surface area is 166 Å². The van der Waals surface area contributed by atoms with Crippen LogP contribution >= 0.6 is 24.8 Å². The smallest absolute Gasteiger partial charge is 0.298 e. The molecule has 0 bridgehead atoms. The lowest BCUT2D eigenvalue weighted by molar-refractivity contribution is -0.139. The highest BCUT2D eigenvalue weighted by molar-refractivity contribution is 5.85. The normalized spacial score (nSPS) is 21.2. The highest BCUT2D eigenvalue weighted by Gasteiger charge is 2.32. The summed E-state index contributed by atoms with van der Waals surface area (Å²) in [6.07, 6.45) is 1.74. The van der Waals surface area contributed by atoms with Crippen LogP contribution in [0.2, 0.25) is 0 Å². The van der Waals surface area contributed by atoms with Crippen LogP contribution in [-0.2, 0) is 4.79 Å². The Balaban J connectivity index is 0.00000121. The second-order valence-electron chi connectivity index (χ2n) is 6.81. The van der Waals surface area contributed by atoms with Crippen LogP contribution in [0.3, 0.4) is 0 Å². The summed E-state index contributed by atoms with van der Waals surface area (Å²) in [6.45, 7) is 6.39. The van der Waals surface area contributed by atoms with Crippen LogP contribution in [-0.4, -0.2) is 54.6 Å². The number of hydrogen-bond acceptors (Lipinski definition) is 5. The molecule has 26 heavy (non-hydrogen) atoms. The number of hydrogen-bond donors (Lipinski definition) is 1. The molecule has 1 aromatic carbocycles. The molecule has 1 aromatic heterocycles. The molecule has 0 spiro atoms. The van der Waals surface area contributed by atoms with Gasteiger partial charge >= 0.3 is 0 Å². The summed E-state index contributed by atoms with van der Waals surface area (Å²) < 4.78 is 5.85. The molecule has 2 aromatic rings. The third-order valence-electron chi connectivity index (χ3n) is 5.18. The van der Waals surface area contributed by atoms with Gasteiger partial charge in [-0.25, -0.2) is 0 Å². The lowest BCUT2D eigenvalue weighted by Gasteiger charge is -2.38. The lowest BCUT2D eigenvalue weighted by atomic mass is 9.94. The first-order valence-corrected chi connectivity index (χ1v) is 8.84. The van der Waals surface area contributed by atoms with Crippen LogP contribution < -0.4 is 10.2 Å². The minimum Gasteiger partial charge on any atom is -0.423 e. The summed E-state index contributed by atoms with van der Waals surface area (Å²) in [5.74, 6) is 0.451. The predicted octanol–water partition coefficient (Wildman–Crippen LogP) is 2.71. The van der Waals surface area contributed by atoms with E-state index < -0.39 is 0 Å². The van der Waals surface area contributed by atoms with Crippen molar-refractivity contribution >= 4 is 47.8 Å². The number of piperazine rings is 1. The second-order valence-corrected chi connectivity index (χ2v) is 6.81. The molecule has 0 aliphatic carbocycles. The first-order valence-electron chi connectivity index (χ1n) is 8.84. The maximum Gasteiger partial charge on any atom is 0.298 e. The van der Waals surface area contributed by atoms with E-state index in [9.17, 15) is 4.79 Å². The van der Waals surface area contributed by atoms with Gasteiger partial charge in [0.15, 0.2) is 5.58 Å². The molecule has 0 unspecified atom stereocenters. The second kappa shape index (κ2) is 8.93. The summed E-state index contributed by atoms with van der Waals surface area (Å²) in [7, 11) is 0. The molecular formula is C18H26Cl2N4O2. The van der Waals surface area contributed by atoms with E-state index in [0.717, 1.165) is 56.7 Å². The number of halogens is 2. The summed E-state index contributed by atoms with van der Waals surface area (Å²) in [6, 6.07) is 8.79. The van der Waals surface area contributed by atoms with E-state index >= 15 is 0 Å². The van der Waals surface area contributed by atoms with Crippen molar-refractivity contribution in [3.8, 4) is 0 Å². The number of rotatable bonds is 2. The lowest BCUT2D eigenvalue weighted by Crippen LogP contribution is -2.54. The molecule has 0 saturated carbocycles. The number of oxazole rings is 1. The van der Waals surface area contributed by atoms with E-state index in [4.69, 9.17) is 4.42 Å². The quantitative estimate of drug-likeness (QED) is 0.839. The molecular weight excluding hydrogens is 375 g/mol. The molecule has 4 rings (SSSR count). The summed E-state index contributed by atoms with van der Waals surface area (Å²) in [5.41, 5.74) is 1.71. The molecule has 2 aliphatic rings. The third-order valence-corrected chi connectivity index (χ3v) is 5.18. The van der Waals surface area contributed by atoms with Gasteiger partial charge in [0.2, 0.25) is 5.91 Å². The number of nitrogens with zero attached hydrogens (tertiary/aromatic N) is 3. The Bertz CT molecular complexity index is 698. The van der Waals surface area contributed by atoms with E-state index in [2.05, 4.69) is 27.0 Å². The van der Waals surface area contributed by atoms with Crippen molar-refractivity contribution in [2.45, 2.75) is 25.8 Å². The Kier molecular flexibility index (Phi) is 7.15. The fourth-order valence-corrected chi connectivity index (χ4v) is 3.72. The van der Waals surface area contributed by atoms with Crippen molar-refractivity contribution in [1.29, 1.82) is 0 Å². The number of carbonyl (C=O) groups is 1. The van der Waals surface area contributed by atoms with Crippen LogP contribution in [0.1, 0.15) is 19.8 Å². The number of carbonyl (C=O) groups excluding carboxylic acids is 1. The van der Waals surface area contributed by atoms with E-state index in [0.29, 0.717) is 18.0 Å². The molecule has 1 amide bonds. The summed E-state index contributed by atoms with van der Waals surface area (Å²) in [5, 5.41) is 3.34. The maximum atomic E-state index is 12.8. The van der Waals surface area contributed by atoms with Crippen molar-refractivity contribution < 1.29 is 9.21 Å². The Morgan fingerprint density at radius 2 is 1.92 bits per heavy atom. The number of nitrogens with one attached hydrogen (secondary N) is 1. The van der Waals surface area contributed by atoms with Gasteiger partial charge in [0.1, 0.15) is 5.52 Å². The zero-order valence-corrected chi connectivity index (χ0v) is 16.5. The predicted molar refractivity (Wildman–Crippen MR) is 107 cm³/mol. The molecule has 6 nitrogen and oxygen atoms in total. The van der Waals surface area contributed by atoms with Gasteiger partial charge in [-0.3, -0.25) is 4.79 Å². The van der Waals surface area contributed by atoms with Crippen molar-refractivity contribution in [1.82, 2.24) is 15.2 Å². The number of para-hydroxylation sites is 2. The van der Waals surface area contributed by atoms with Gasteiger partial charge < -0.3 is 19.5 Å². The topological polar surface area (TPSA) is 61.6 Å². The fourth-order valence-electron chi connectivity index (χ4n) is 3.72. The first kappa shape index (κ1) is 20.8. The Hall–Kier alpha value is -1.50. The van der Waals surface area contributed by atoms with Gasteiger partial charge in [0, 0.05) is 44.7 Å². The van der Waals surface area contributed by atoms with Crippen molar-refractivity contribution in [2.75, 3.05) is 37.6 Å². The summed E-state index contributed by atoms with van der Waals surface area (Å²) in [4.78, 5) is 21.6. The standard InChI is InChI=1S/C18H24N4O2.2ClH/c1-13-12-19-8-11-22(13)17(23)14-6-9-21(10-7-14)18-20-15-4-2-3-5-16(15)24-18;;/h2-5,13-14,19H,6-12H2,1H3;2*1H/t13-;;/m0../s1. The summed E-state index contributed by atoms with van der Waals surface area (Å²) >= 11 is 0. The van der Waals surface area contributed by atoms with Gasteiger partial charge in [-0.2, -0.15) is 4.98 Å². The first-order chi connectivity index (χ1) is 11.7. The molecule has 8 heteroatoms. The van der Waals surface area contributed by atoms with Gasteiger partial charge in [-0.05, 0) is 31.9 Å². The van der Waals surface area contributed by atoms with Crippen molar-refractivity contribution in [3.63, 3.8) is 0 Å². The van der Waals surface area contributed by atoms with Gasteiger partial charge in [0.25, 0.3) is 6.01 Å². The fraction of sp³-hybridized carbons (Fsp3) is 0.556. The Morgan fingerprint density at radius 1 is 1.19 bits per heavy atom. The van der Waals surface area contributed by atoms with E-state index in [-0.39, 0.29) is 30.7 Å². The number of amides is 1. The van der Waals surface area contributed by atoms with Crippen LogP contribution in [0.25, 0.3) is 11.1 Å². The molecule has 3 heterocycles. The number of anilines is 1. The molecule has 0 radical (unpaired) electrons. The minimum atomic E-state index is 0. The zero-order chi connectivity index (χ0) is 16.5. The van der Waals surface area contributed by atoms with Gasteiger partial charge in [0.05, 0.1) is 0 Å². The average molecular weight is 401 g/mol. The van der Waals surface area contributed by atoms with Gasteiger partial charge in [-0.1, -0.05) is 12.1 Å². The highest BCUT2D eigenvalue weighted by Crippen LogP contribution is 2.27.